The number of ether oxygens (including phenoxy) is 2. The molecular weight excluding hydrogens is 432 g/mol. The maximum Gasteiger partial charge on any atom is 0.258 e. The molecule has 0 saturated heterocycles. The van der Waals surface area contributed by atoms with E-state index in [1.165, 1.54) is 0 Å². The quantitative estimate of drug-likeness (QED) is 0.511. The van der Waals surface area contributed by atoms with Crippen LogP contribution in [0.4, 0.5) is 17.1 Å². The Bertz CT molecular complexity index is 1080. The number of hydrogen-bond acceptors (Lipinski definition) is 6. The van der Waals surface area contributed by atoms with Crippen LogP contribution in [0.5, 0.6) is 11.5 Å². The Kier molecular flexibility index (Phi) is 8.17. The molecule has 3 rings (SSSR count). The number of nitrogens with zero attached hydrogens (tertiary/aromatic N) is 2. The summed E-state index contributed by atoms with van der Waals surface area (Å²) in [4.78, 5) is 28.9. The Morgan fingerprint density at radius 2 is 1.68 bits per heavy atom. The molecule has 0 unspecified atom stereocenters. The highest BCUT2D eigenvalue weighted by Gasteiger charge is 2.29. The highest BCUT2D eigenvalue weighted by Crippen LogP contribution is 2.42. The zero-order chi connectivity index (χ0) is 24.8. The Labute approximate surface area is 201 Å². The van der Waals surface area contributed by atoms with E-state index in [0.29, 0.717) is 35.7 Å². The van der Waals surface area contributed by atoms with Crippen molar-refractivity contribution in [2.45, 2.75) is 26.7 Å². The second kappa shape index (κ2) is 11.1. The van der Waals surface area contributed by atoms with E-state index in [1.54, 1.807) is 32.1 Å². The van der Waals surface area contributed by atoms with E-state index >= 15 is 0 Å². The molecule has 182 valence electrons. The fraction of sp³-hybridized carbons (Fsp3) is 0.385. The number of carbonyl (C=O) groups excluding carboxylic acids is 2. The topological polar surface area (TPSA) is 83.1 Å². The fourth-order valence-corrected chi connectivity index (χ4v) is 4.04. The summed E-state index contributed by atoms with van der Waals surface area (Å²) in [5, 5.41) is 6.32. The molecule has 0 aromatic heterocycles. The number of carbonyl (C=O) groups is 2. The number of amides is 2. The lowest BCUT2D eigenvalue weighted by atomic mass is 10.0. The standard InChI is InChI=1S/C26H34N4O4/c1-7-21(25-20-15-23(33-5)24(34-6)16-22(20)28-26(25)32)27-18-9-11-19(12-10-18)30(17(2)31)14-8-13-29(3)4/h9-12,15-16,27H,7-8,13-14H2,1-6H3,(H,28,32). The Morgan fingerprint density at radius 1 is 1.03 bits per heavy atom. The third-order valence-corrected chi connectivity index (χ3v) is 5.77. The van der Waals surface area contributed by atoms with Gasteiger partial charge in [-0.1, -0.05) is 6.92 Å². The van der Waals surface area contributed by atoms with Crippen LogP contribution in [0.25, 0.3) is 5.57 Å². The molecule has 0 aliphatic carbocycles. The van der Waals surface area contributed by atoms with Gasteiger partial charge in [0.05, 0.1) is 25.5 Å². The molecule has 0 atom stereocenters. The van der Waals surface area contributed by atoms with E-state index < -0.39 is 0 Å². The van der Waals surface area contributed by atoms with E-state index in [4.69, 9.17) is 9.47 Å². The first-order valence-electron chi connectivity index (χ1n) is 11.4. The summed E-state index contributed by atoms with van der Waals surface area (Å²) in [6.45, 7) is 5.16. The molecule has 0 saturated carbocycles. The highest BCUT2D eigenvalue weighted by atomic mass is 16.5. The Balaban J connectivity index is 1.86. The molecule has 0 spiro atoms. The molecule has 0 bridgehead atoms. The molecule has 0 fully saturated rings. The van der Waals surface area contributed by atoms with Crippen LogP contribution >= 0.6 is 0 Å². The third kappa shape index (κ3) is 5.51. The molecule has 1 aliphatic heterocycles. The van der Waals surface area contributed by atoms with Gasteiger partial charge in [0.25, 0.3) is 5.91 Å². The van der Waals surface area contributed by atoms with Gasteiger partial charge in [0.1, 0.15) is 0 Å². The second-order valence-electron chi connectivity index (χ2n) is 8.41. The number of hydrogen-bond donors (Lipinski definition) is 2. The number of nitrogens with one attached hydrogen (secondary N) is 2. The maximum absolute atomic E-state index is 12.8. The summed E-state index contributed by atoms with van der Waals surface area (Å²) >= 11 is 0. The predicted octanol–water partition coefficient (Wildman–Crippen LogP) is 4.19. The van der Waals surface area contributed by atoms with Crippen molar-refractivity contribution in [1.29, 1.82) is 0 Å². The molecule has 0 radical (unpaired) electrons. The van der Waals surface area contributed by atoms with E-state index in [0.717, 1.165) is 35.6 Å². The van der Waals surface area contributed by atoms with Gasteiger partial charge in [-0.05, 0) is 63.8 Å². The van der Waals surface area contributed by atoms with E-state index in [2.05, 4.69) is 15.5 Å². The number of benzene rings is 2. The molecule has 2 aromatic carbocycles. The first-order valence-corrected chi connectivity index (χ1v) is 11.4. The van der Waals surface area contributed by atoms with Crippen molar-refractivity contribution >= 4 is 34.4 Å². The van der Waals surface area contributed by atoms with E-state index in [9.17, 15) is 9.59 Å². The van der Waals surface area contributed by atoms with Gasteiger partial charge >= 0.3 is 0 Å². The van der Waals surface area contributed by atoms with Gasteiger partial charge < -0.3 is 29.9 Å². The van der Waals surface area contributed by atoms with Crippen LogP contribution in [0.1, 0.15) is 32.3 Å². The molecular formula is C26H34N4O4. The molecule has 8 nitrogen and oxygen atoms in total. The van der Waals surface area contributed by atoms with Crippen molar-refractivity contribution in [3.8, 4) is 11.5 Å². The lowest BCUT2D eigenvalue weighted by Gasteiger charge is -2.22. The van der Waals surface area contributed by atoms with Crippen molar-refractivity contribution in [3.63, 3.8) is 0 Å². The van der Waals surface area contributed by atoms with Gasteiger partial charge in [-0.3, -0.25) is 9.59 Å². The highest BCUT2D eigenvalue weighted by molar-refractivity contribution is 6.32. The summed E-state index contributed by atoms with van der Waals surface area (Å²) in [6.07, 6.45) is 1.52. The summed E-state index contributed by atoms with van der Waals surface area (Å²) in [6, 6.07) is 11.3. The van der Waals surface area contributed by atoms with Gasteiger partial charge in [-0.25, -0.2) is 0 Å². The van der Waals surface area contributed by atoms with Gasteiger partial charge in [-0.15, -0.1) is 0 Å². The van der Waals surface area contributed by atoms with Crippen LogP contribution in [0, 0.1) is 0 Å². The Hall–Kier alpha value is -3.52. The minimum Gasteiger partial charge on any atom is -0.493 e. The number of allylic oxidation sites excluding steroid dienone is 1. The zero-order valence-corrected chi connectivity index (χ0v) is 20.8. The van der Waals surface area contributed by atoms with E-state index in [1.807, 2.05) is 51.4 Å². The molecule has 1 heterocycles. The van der Waals surface area contributed by atoms with Crippen LogP contribution in [0.15, 0.2) is 42.1 Å². The van der Waals surface area contributed by atoms with Crippen molar-refractivity contribution in [2.75, 3.05) is 56.9 Å². The van der Waals surface area contributed by atoms with Crippen molar-refractivity contribution in [2.24, 2.45) is 0 Å². The second-order valence-corrected chi connectivity index (χ2v) is 8.41. The smallest absolute Gasteiger partial charge is 0.258 e. The number of fused-ring (bicyclic) bond motifs is 1. The van der Waals surface area contributed by atoms with Gasteiger partial charge in [0, 0.05) is 42.2 Å². The SMILES string of the molecule is CCC(Nc1ccc(N(CCCN(C)C)C(C)=O)cc1)=C1C(=O)Nc2cc(OC)c(OC)cc21. The largest absolute Gasteiger partial charge is 0.493 e. The van der Waals surface area contributed by atoms with Crippen molar-refractivity contribution in [1.82, 2.24) is 4.90 Å². The first kappa shape index (κ1) is 25.1. The third-order valence-electron chi connectivity index (χ3n) is 5.77. The lowest BCUT2D eigenvalue weighted by Crippen LogP contribution is -2.31. The van der Waals surface area contributed by atoms with Crippen LogP contribution in [0.2, 0.25) is 0 Å². The lowest BCUT2D eigenvalue weighted by molar-refractivity contribution is -0.116. The molecule has 34 heavy (non-hydrogen) atoms. The summed E-state index contributed by atoms with van der Waals surface area (Å²) in [5.41, 5.74) is 4.53. The molecule has 2 amide bonds. The molecule has 2 N–H and O–H groups in total. The number of methoxy groups -OCH3 is 2. The minimum absolute atomic E-state index is 0.0134. The average Bonchev–Trinajstić information content (AvgIpc) is 3.13. The van der Waals surface area contributed by atoms with Crippen molar-refractivity contribution in [3.05, 3.63) is 47.7 Å². The monoisotopic (exact) mass is 466 g/mol. The molecule has 2 aromatic rings. The van der Waals surface area contributed by atoms with Crippen LogP contribution in [0.3, 0.4) is 0 Å². The average molecular weight is 467 g/mol. The van der Waals surface area contributed by atoms with Crippen molar-refractivity contribution < 1.29 is 19.1 Å². The van der Waals surface area contributed by atoms with E-state index in [-0.39, 0.29) is 11.8 Å². The molecule has 8 heteroatoms. The van der Waals surface area contributed by atoms with Gasteiger partial charge in [0.2, 0.25) is 5.91 Å². The maximum atomic E-state index is 12.8. The number of rotatable bonds is 10. The van der Waals surface area contributed by atoms with Crippen LogP contribution in [-0.4, -0.2) is 58.1 Å². The minimum atomic E-state index is -0.171. The first-order chi connectivity index (χ1) is 16.3. The predicted molar refractivity (Wildman–Crippen MR) is 137 cm³/mol. The molecule has 1 aliphatic rings. The zero-order valence-electron chi connectivity index (χ0n) is 20.8. The fourth-order valence-electron chi connectivity index (χ4n) is 4.04. The van der Waals surface area contributed by atoms with Gasteiger partial charge in [-0.2, -0.15) is 0 Å². The summed E-state index contributed by atoms with van der Waals surface area (Å²) < 4.78 is 10.8. The number of anilines is 3. The van der Waals surface area contributed by atoms with Crippen LogP contribution in [-0.2, 0) is 9.59 Å². The van der Waals surface area contributed by atoms with Gasteiger partial charge in [0.15, 0.2) is 11.5 Å². The Morgan fingerprint density at radius 3 is 2.24 bits per heavy atom. The normalized spacial score (nSPS) is 13.9. The summed E-state index contributed by atoms with van der Waals surface area (Å²) in [7, 11) is 7.18. The summed E-state index contributed by atoms with van der Waals surface area (Å²) in [5.74, 6) is 0.966. The van der Waals surface area contributed by atoms with Crippen LogP contribution < -0.4 is 25.0 Å².